The average molecular weight is 576 g/mol. The van der Waals surface area contributed by atoms with E-state index in [9.17, 15) is 0 Å². The Balaban J connectivity index is 1.70. The highest BCUT2D eigenvalue weighted by molar-refractivity contribution is 9.09. The van der Waals surface area contributed by atoms with Gasteiger partial charge in [0.15, 0.2) is 0 Å². The lowest BCUT2D eigenvalue weighted by Crippen LogP contribution is -1.97. The minimum atomic E-state index is 0.653. The smallest absolute Gasteiger partial charge is 0.119 e. The Hall–Kier alpha value is -2.82. The lowest BCUT2D eigenvalue weighted by molar-refractivity contribution is 0.345. The third-order valence-electron chi connectivity index (χ3n) is 5.91. The van der Waals surface area contributed by atoms with E-state index in [1.807, 2.05) is 0 Å². The molecule has 0 aromatic heterocycles. The van der Waals surface area contributed by atoms with Gasteiger partial charge in [-0.25, -0.2) is 0 Å². The second-order valence-electron chi connectivity index (χ2n) is 7.96. The Bertz CT molecular complexity index is 1240. The van der Waals surface area contributed by atoms with Crippen LogP contribution in [0.5, 0.6) is 11.5 Å². The lowest BCUT2D eigenvalue weighted by Gasteiger charge is -2.18. The van der Waals surface area contributed by atoms with Crippen LogP contribution in [0.4, 0.5) is 0 Å². The van der Waals surface area contributed by atoms with Gasteiger partial charge in [0, 0.05) is 10.7 Å². The highest BCUT2D eigenvalue weighted by Gasteiger charge is 2.16. The maximum atomic E-state index is 5.77. The number of benzene rings is 5. The maximum absolute atomic E-state index is 5.77. The minimum absolute atomic E-state index is 0.653. The number of ether oxygens (including phenoxy) is 2. The van der Waals surface area contributed by atoms with Gasteiger partial charge in [-0.2, -0.15) is 0 Å². The molecule has 5 rings (SSSR count). The molecule has 4 heteroatoms. The second-order valence-corrected chi connectivity index (χ2v) is 9.55. The number of alkyl halides is 2. The van der Waals surface area contributed by atoms with E-state index in [0.29, 0.717) is 13.2 Å². The fourth-order valence-corrected chi connectivity index (χ4v) is 4.82. The van der Waals surface area contributed by atoms with E-state index in [-0.39, 0.29) is 0 Å². The zero-order chi connectivity index (χ0) is 23.3. The molecule has 0 radical (unpaired) electrons. The predicted molar refractivity (Wildman–Crippen MR) is 151 cm³/mol. The molecule has 2 nitrogen and oxygen atoms in total. The van der Waals surface area contributed by atoms with Gasteiger partial charge in [-0.3, -0.25) is 0 Å². The van der Waals surface area contributed by atoms with Crippen molar-refractivity contribution in [2.75, 3.05) is 23.9 Å². The number of rotatable bonds is 8. The fourth-order valence-electron chi connectivity index (χ4n) is 4.50. The molecule has 0 spiro atoms. The summed E-state index contributed by atoms with van der Waals surface area (Å²) in [6.07, 6.45) is 0. The van der Waals surface area contributed by atoms with Gasteiger partial charge in [0.05, 0.1) is 13.2 Å². The molecular formula is C30H24Br2O2. The Morgan fingerprint density at radius 1 is 0.441 bits per heavy atom. The summed E-state index contributed by atoms with van der Waals surface area (Å²) in [7, 11) is 0. The molecule has 0 aliphatic rings. The molecule has 5 aromatic rings. The van der Waals surface area contributed by atoms with Gasteiger partial charge in [-0.1, -0.05) is 105 Å². The molecule has 0 N–H and O–H groups in total. The first kappa shape index (κ1) is 22.9. The molecule has 0 fully saturated rings. The van der Waals surface area contributed by atoms with Crippen LogP contribution in [0.15, 0.2) is 97.1 Å². The van der Waals surface area contributed by atoms with Crippen LogP contribution in [0.25, 0.3) is 43.8 Å². The number of hydrogen-bond donors (Lipinski definition) is 0. The van der Waals surface area contributed by atoms with E-state index in [2.05, 4.69) is 129 Å². The van der Waals surface area contributed by atoms with Crippen molar-refractivity contribution in [1.29, 1.82) is 0 Å². The summed E-state index contributed by atoms with van der Waals surface area (Å²) in [6, 6.07) is 34.2. The molecule has 34 heavy (non-hydrogen) atoms. The highest BCUT2D eigenvalue weighted by Crippen LogP contribution is 2.43. The van der Waals surface area contributed by atoms with Crippen molar-refractivity contribution in [1.82, 2.24) is 0 Å². The van der Waals surface area contributed by atoms with Gasteiger partial charge >= 0.3 is 0 Å². The fraction of sp³-hybridized carbons (Fsp3) is 0.133. The third-order valence-corrected chi connectivity index (χ3v) is 6.56. The molecule has 0 aliphatic heterocycles. The van der Waals surface area contributed by atoms with E-state index in [4.69, 9.17) is 9.47 Å². The van der Waals surface area contributed by atoms with Gasteiger partial charge in [-0.15, -0.1) is 0 Å². The molecule has 0 aliphatic carbocycles. The summed E-state index contributed by atoms with van der Waals surface area (Å²) < 4.78 is 11.5. The topological polar surface area (TPSA) is 18.5 Å². The van der Waals surface area contributed by atoms with Crippen LogP contribution in [-0.2, 0) is 0 Å². The van der Waals surface area contributed by atoms with Crippen LogP contribution < -0.4 is 9.47 Å². The molecular weight excluding hydrogens is 552 g/mol. The Kier molecular flexibility index (Phi) is 7.17. The summed E-state index contributed by atoms with van der Waals surface area (Å²) in [5.74, 6) is 1.77. The van der Waals surface area contributed by atoms with Gasteiger partial charge < -0.3 is 9.47 Å². The van der Waals surface area contributed by atoms with Crippen molar-refractivity contribution in [3.8, 4) is 33.8 Å². The second kappa shape index (κ2) is 10.6. The molecule has 0 bridgehead atoms. The Morgan fingerprint density at radius 2 is 0.765 bits per heavy atom. The summed E-state index contributed by atoms with van der Waals surface area (Å²) in [5, 5.41) is 6.59. The number of halogens is 2. The standard InChI is InChI=1S/C30H24Br2O2/c31-17-19-33-23-13-9-21(10-14-23)29-25-5-1-2-6-26(25)30(28-8-4-3-7-27(28)29)22-11-15-24(16-12-22)34-20-18-32/h1-16H,17-20H2. The molecule has 0 saturated heterocycles. The van der Waals surface area contributed by atoms with Gasteiger partial charge in [0.25, 0.3) is 0 Å². The van der Waals surface area contributed by atoms with Crippen molar-refractivity contribution >= 4 is 53.4 Å². The Morgan fingerprint density at radius 3 is 1.06 bits per heavy atom. The molecule has 5 aromatic carbocycles. The van der Waals surface area contributed by atoms with Crippen LogP contribution in [0.2, 0.25) is 0 Å². The highest BCUT2D eigenvalue weighted by atomic mass is 79.9. The van der Waals surface area contributed by atoms with Crippen molar-refractivity contribution in [3.63, 3.8) is 0 Å². The molecule has 0 amide bonds. The van der Waals surface area contributed by atoms with Crippen LogP contribution >= 0.6 is 31.9 Å². The normalized spacial score (nSPS) is 11.1. The van der Waals surface area contributed by atoms with Crippen LogP contribution in [0, 0.1) is 0 Å². The zero-order valence-electron chi connectivity index (χ0n) is 18.6. The van der Waals surface area contributed by atoms with Crippen LogP contribution in [-0.4, -0.2) is 23.9 Å². The monoisotopic (exact) mass is 574 g/mol. The molecule has 0 atom stereocenters. The maximum Gasteiger partial charge on any atom is 0.119 e. The number of fused-ring (bicyclic) bond motifs is 2. The third kappa shape index (κ3) is 4.57. The molecule has 0 saturated carbocycles. The molecule has 0 unspecified atom stereocenters. The first-order valence-corrected chi connectivity index (χ1v) is 13.6. The Labute approximate surface area is 216 Å². The first-order chi connectivity index (χ1) is 16.8. The largest absolute Gasteiger partial charge is 0.493 e. The zero-order valence-corrected chi connectivity index (χ0v) is 21.8. The summed E-state index contributed by atoms with van der Waals surface area (Å²) in [5.41, 5.74) is 4.87. The van der Waals surface area contributed by atoms with Crippen molar-refractivity contribution in [3.05, 3.63) is 97.1 Å². The first-order valence-electron chi connectivity index (χ1n) is 11.3. The summed E-state index contributed by atoms with van der Waals surface area (Å²) >= 11 is 6.84. The SMILES string of the molecule is BrCCOc1ccc(-c2c3ccccc3c(-c3ccc(OCCBr)cc3)c3ccccc23)cc1. The van der Waals surface area contributed by atoms with E-state index >= 15 is 0 Å². The molecule has 0 heterocycles. The molecule has 170 valence electrons. The van der Waals surface area contributed by atoms with Crippen LogP contribution in [0.3, 0.4) is 0 Å². The summed E-state index contributed by atoms with van der Waals surface area (Å²) in [6.45, 7) is 1.31. The van der Waals surface area contributed by atoms with Crippen molar-refractivity contribution in [2.45, 2.75) is 0 Å². The summed E-state index contributed by atoms with van der Waals surface area (Å²) in [4.78, 5) is 0. The van der Waals surface area contributed by atoms with Gasteiger partial charge in [0.2, 0.25) is 0 Å². The lowest BCUT2D eigenvalue weighted by atomic mass is 9.86. The van der Waals surface area contributed by atoms with Gasteiger partial charge in [-0.05, 0) is 68.1 Å². The van der Waals surface area contributed by atoms with E-state index in [0.717, 1.165) is 22.2 Å². The van der Waals surface area contributed by atoms with E-state index in [1.54, 1.807) is 0 Å². The van der Waals surface area contributed by atoms with E-state index < -0.39 is 0 Å². The van der Waals surface area contributed by atoms with Crippen molar-refractivity contribution < 1.29 is 9.47 Å². The van der Waals surface area contributed by atoms with Gasteiger partial charge in [0.1, 0.15) is 11.5 Å². The van der Waals surface area contributed by atoms with E-state index in [1.165, 1.54) is 43.8 Å². The minimum Gasteiger partial charge on any atom is -0.493 e. The quantitative estimate of drug-likeness (QED) is 0.136. The van der Waals surface area contributed by atoms with Crippen molar-refractivity contribution in [2.24, 2.45) is 0 Å². The predicted octanol–water partition coefficient (Wildman–Crippen LogP) is 8.87. The number of hydrogen-bond acceptors (Lipinski definition) is 2. The average Bonchev–Trinajstić information content (AvgIpc) is 2.90. The van der Waals surface area contributed by atoms with Crippen LogP contribution in [0.1, 0.15) is 0 Å².